The van der Waals surface area contributed by atoms with Gasteiger partial charge in [-0.1, -0.05) is 18.2 Å². The highest BCUT2D eigenvalue weighted by molar-refractivity contribution is 6.04. The summed E-state index contributed by atoms with van der Waals surface area (Å²) in [6, 6.07) is 9.87. The van der Waals surface area contributed by atoms with Crippen molar-refractivity contribution in [3.05, 3.63) is 82.3 Å². The number of ketones is 1. The summed E-state index contributed by atoms with van der Waals surface area (Å²) < 4.78 is 25.1. The van der Waals surface area contributed by atoms with Gasteiger partial charge in [-0.3, -0.25) is 4.79 Å². The molecule has 1 N–H and O–H groups in total. The topological polar surface area (TPSA) is 68.5 Å². The number of methoxy groups -OCH3 is 1. The van der Waals surface area contributed by atoms with E-state index in [4.69, 9.17) is 9.15 Å². The third-order valence-corrected chi connectivity index (χ3v) is 5.39. The summed E-state index contributed by atoms with van der Waals surface area (Å²) in [5, 5.41) is 3.20. The van der Waals surface area contributed by atoms with Gasteiger partial charge in [-0.25, -0.2) is 9.18 Å². The van der Waals surface area contributed by atoms with Gasteiger partial charge in [0.15, 0.2) is 5.78 Å². The lowest BCUT2D eigenvalue weighted by molar-refractivity contribution is -0.136. The largest absolute Gasteiger partial charge is 0.469 e. The quantitative estimate of drug-likeness (QED) is 0.816. The van der Waals surface area contributed by atoms with Crippen molar-refractivity contribution in [1.29, 1.82) is 0 Å². The second kappa shape index (κ2) is 7.11. The van der Waals surface area contributed by atoms with E-state index in [2.05, 4.69) is 5.32 Å². The molecule has 0 radical (unpaired) electrons. The highest BCUT2D eigenvalue weighted by atomic mass is 19.1. The predicted molar refractivity (Wildman–Crippen MR) is 99.7 cm³/mol. The normalized spacial score (nSPS) is 22.0. The summed E-state index contributed by atoms with van der Waals surface area (Å²) in [6.07, 6.45) is 2.37. The fourth-order valence-electron chi connectivity index (χ4n) is 4.16. The number of furan rings is 1. The molecule has 2 heterocycles. The summed E-state index contributed by atoms with van der Waals surface area (Å²) >= 11 is 0. The molecule has 1 aromatic heterocycles. The van der Waals surface area contributed by atoms with Gasteiger partial charge in [0.1, 0.15) is 11.6 Å². The van der Waals surface area contributed by atoms with Crippen LogP contribution < -0.4 is 5.32 Å². The Morgan fingerprint density at radius 3 is 2.68 bits per heavy atom. The van der Waals surface area contributed by atoms with Crippen molar-refractivity contribution in [3.8, 4) is 0 Å². The molecular weight excluding hydrogens is 361 g/mol. The fourth-order valence-corrected chi connectivity index (χ4v) is 4.16. The van der Waals surface area contributed by atoms with Crippen molar-refractivity contribution in [2.24, 2.45) is 0 Å². The highest BCUT2D eigenvalue weighted by Gasteiger charge is 2.42. The Balaban J connectivity index is 1.85. The smallest absolute Gasteiger partial charge is 0.336 e. The predicted octanol–water partition coefficient (Wildman–Crippen LogP) is 3.95. The molecule has 0 bridgehead atoms. The van der Waals surface area contributed by atoms with E-state index < -0.39 is 17.7 Å². The van der Waals surface area contributed by atoms with Crippen LogP contribution in [0.15, 0.2) is 69.6 Å². The Morgan fingerprint density at radius 2 is 2.00 bits per heavy atom. The van der Waals surface area contributed by atoms with Crippen LogP contribution in [0.5, 0.6) is 0 Å². The lowest BCUT2D eigenvalue weighted by Crippen LogP contribution is -2.36. The van der Waals surface area contributed by atoms with E-state index in [1.54, 1.807) is 37.5 Å². The second-order valence-corrected chi connectivity index (χ2v) is 7.05. The Kier molecular flexibility index (Phi) is 4.63. The molecule has 0 unspecified atom stereocenters. The Morgan fingerprint density at radius 1 is 1.21 bits per heavy atom. The number of dihydropyridines is 1. The van der Waals surface area contributed by atoms with Gasteiger partial charge in [0.25, 0.3) is 0 Å². The molecular formula is C22H20FNO4. The van der Waals surface area contributed by atoms with Crippen LogP contribution in [0.25, 0.3) is 0 Å². The summed E-state index contributed by atoms with van der Waals surface area (Å²) in [7, 11) is 1.28. The Hall–Kier alpha value is -3.15. The van der Waals surface area contributed by atoms with Crippen LogP contribution in [0.3, 0.4) is 0 Å². The highest BCUT2D eigenvalue weighted by Crippen LogP contribution is 2.46. The molecule has 2 aromatic rings. The standard InChI is InChI=1S/C22H20FNO4/c1-12-19(22(26)27-2)20(14-6-3-4-7-15(14)23)21-16(24-12)10-13(11-17(21)25)18-8-5-9-28-18/h3-9,13,20,24H,10-11H2,1-2H3/t13-,20-/m0/s1. The number of carbonyl (C=O) groups is 2. The zero-order chi connectivity index (χ0) is 19.8. The van der Waals surface area contributed by atoms with Crippen molar-refractivity contribution in [2.75, 3.05) is 7.11 Å². The van der Waals surface area contributed by atoms with Crippen molar-refractivity contribution in [1.82, 2.24) is 5.32 Å². The zero-order valence-electron chi connectivity index (χ0n) is 15.6. The monoisotopic (exact) mass is 381 g/mol. The van der Waals surface area contributed by atoms with Gasteiger partial charge >= 0.3 is 5.97 Å². The molecule has 0 amide bonds. The van der Waals surface area contributed by atoms with Crippen LogP contribution in [-0.2, 0) is 14.3 Å². The molecule has 28 heavy (non-hydrogen) atoms. The van der Waals surface area contributed by atoms with E-state index in [-0.39, 0.29) is 23.7 Å². The van der Waals surface area contributed by atoms with E-state index >= 15 is 0 Å². The number of rotatable bonds is 3. The molecule has 1 aliphatic heterocycles. The van der Waals surface area contributed by atoms with Gasteiger partial charge in [-0.2, -0.15) is 0 Å². The number of allylic oxidation sites excluding steroid dienone is 3. The first-order valence-corrected chi connectivity index (χ1v) is 9.11. The maximum atomic E-state index is 14.7. The molecule has 0 saturated carbocycles. The molecule has 2 aliphatic rings. The van der Waals surface area contributed by atoms with Gasteiger partial charge in [0.2, 0.25) is 0 Å². The molecule has 1 aromatic carbocycles. The van der Waals surface area contributed by atoms with Crippen LogP contribution in [0.2, 0.25) is 0 Å². The summed E-state index contributed by atoms with van der Waals surface area (Å²) in [5.74, 6) is -1.32. The van der Waals surface area contributed by atoms with Crippen molar-refractivity contribution >= 4 is 11.8 Å². The number of carbonyl (C=O) groups excluding carboxylic acids is 2. The zero-order valence-corrected chi connectivity index (χ0v) is 15.6. The lowest BCUT2D eigenvalue weighted by atomic mass is 9.72. The second-order valence-electron chi connectivity index (χ2n) is 7.05. The van der Waals surface area contributed by atoms with Crippen LogP contribution in [-0.4, -0.2) is 18.9 Å². The summed E-state index contributed by atoms with van der Waals surface area (Å²) in [4.78, 5) is 25.7. The Labute approximate surface area is 161 Å². The van der Waals surface area contributed by atoms with Crippen molar-refractivity contribution in [2.45, 2.75) is 31.6 Å². The molecule has 4 rings (SSSR count). The number of hydrogen-bond acceptors (Lipinski definition) is 5. The number of halogens is 1. The first-order chi connectivity index (χ1) is 13.5. The van der Waals surface area contributed by atoms with E-state index in [1.807, 2.05) is 6.07 Å². The van der Waals surface area contributed by atoms with Crippen molar-refractivity contribution in [3.63, 3.8) is 0 Å². The minimum Gasteiger partial charge on any atom is -0.469 e. The van der Waals surface area contributed by atoms with Gasteiger partial charge in [-0.05, 0) is 31.5 Å². The first kappa shape index (κ1) is 18.2. The average Bonchev–Trinajstić information content (AvgIpc) is 3.21. The van der Waals surface area contributed by atoms with E-state index in [0.29, 0.717) is 29.0 Å². The third kappa shape index (κ3) is 2.95. The molecule has 0 saturated heterocycles. The van der Waals surface area contributed by atoms with Gasteiger partial charge in [0.05, 0.1) is 24.9 Å². The average molecular weight is 381 g/mol. The first-order valence-electron chi connectivity index (χ1n) is 9.11. The van der Waals surface area contributed by atoms with E-state index in [0.717, 1.165) is 5.76 Å². The number of nitrogens with one attached hydrogen (secondary N) is 1. The minimum atomic E-state index is -0.796. The third-order valence-electron chi connectivity index (χ3n) is 5.39. The van der Waals surface area contributed by atoms with Gasteiger partial charge in [-0.15, -0.1) is 0 Å². The van der Waals surface area contributed by atoms with Crippen LogP contribution in [0.1, 0.15) is 42.9 Å². The van der Waals surface area contributed by atoms with Gasteiger partial charge in [0, 0.05) is 34.9 Å². The van der Waals surface area contributed by atoms with Crippen LogP contribution in [0, 0.1) is 5.82 Å². The number of benzene rings is 1. The molecule has 2 atom stereocenters. The number of esters is 1. The molecule has 144 valence electrons. The number of ether oxygens (including phenoxy) is 1. The molecule has 0 fully saturated rings. The fraction of sp³-hybridized carbons (Fsp3) is 0.273. The van der Waals surface area contributed by atoms with Gasteiger partial charge < -0.3 is 14.5 Å². The maximum Gasteiger partial charge on any atom is 0.336 e. The molecule has 0 spiro atoms. The van der Waals surface area contributed by atoms with Crippen LogP contribution in [0.4, 0.5) is 4.39 Å². The number of hydrogen-bond donors (Lipinski definition) is 1. The lowest BCUT2D eigenvalue weighted by Gasteiger charge is -2.36. The SMILES string of the molecule is COC(=O)C1=C(C)NC2=C(C(=O)C[C@@H](c3ccco3)C2)[C@H]1c1ccccc1F. The Bertz CT molecular complexity index is 1000. The minimum absolute atomic E-state index is 0.0949. The van der Waals surface area contributed by atoms with Crippen LogP contribution >= 0.6 is 0 Å². The summed E-state index contributed by atoms with van der Waals surface area (Å²) in [5.41, 5.74) is 2.25. The maximum absolute atomic E-state index is 14.7. The van der Waals surface area contributed by atoms with Crippen molar-refractivity contribution < 1.29 is 23.1 Å². The molecule has 6 heteroatoms. The summed E-state index contributed by atoms with van der Waals surface area (Å²) in [6.45, 7) is 1.74. The molecule has 5 nitrogen and oxygen atoms in total. The van der Waals surface area contributed by atoms with E-state index in [1.165, 1.54) is 13.2 Å². The van der Waals surface area contributed by atoms with E-state index in [9.17, 15) is 14.0 Å². The molecule has 1 aliphatic carbocycles. The number of Topliss-reactive ketones (excluding diaryl/α,β-unsaturated/α-hetero) is 1.